The zero-order valence-electron chi connectivity index (χ0n) is 9.02. The molecule has 82 valence electrons. The summed E-state index contributed by atoms with van der Waals surface area (Å²) < 4.78 is 1.06. The summed E-state index contributed by atoms with van der Waals surface area (Å²) in [6, 6.07) is 15.9. The van der Waals surface area contributed by atoms with Crippen molar-refractivity contribution in [2.24, 2.45) is 0 Å². The number of halogens is 1. The van der Waals surface area contributed by atoms with E-state index in [1.165, 1.54) is 0 Å². The van der Waals surface area contributed by atoms with E-state index in [0.717, 1.165) is 21.5 Å². The number of nitrogens with zero attached hydrogens (tertiary/aromatic N) is 1. The van der Waals surface area contributed by atoms with Gasteiger partial charge in [0, 0.05) is 11.5 Å². The maximum absolute atomic E-state index is 5.95. The molecule has 2 aromatic rings. The van der Waals surface area contributed by atoms with E-state index in [4.69, 9.17) is 5.73 Å². The van der Waals surface area contributed by atoms with Crippen molar-refractivity contribution in [2.75, 3.05) is 17.7 Å². The van der Waals surface area contributed by atoms with Gasteiger partial charge in [-0.05, 0) is 40.2 Å². The summed E-state index contributed by atoms with van der Waals surface area (Å²) in [5.41, 5.74) is 8.84. The van der Waals surface area contributed by atoms with Crippen LogP contribution >= 0.6 is 15.9 Å². The molecule has 0 aliphatic rings. The Hall–Kier alpha value is -1.48. The van der Waals surface area contributed by atoms with Crippen molar-refractivity contribution in [1.29, 1.82) is 0 Å². The molecule has 0 saturated heterocycles. The van der Waals surface area contributed by atoms with Crippen LogP contribution in [-0.4, -0.2) is 7.05 Å². The number of para-hydroxylation sites is 3. The highest BCUT2D eigenvalue weighted by molar-refractivity contribution is 9.10. The van der Waals surface area contributed by atoms with E-state index in [1.54, 1.807) is 0 Å². The Morgan fingerprint density at radius 3 is 2.12 bits per heavy atom. The summed E-state index contributed by atoms with van der Waals surface area (Å²) in [5.74, 6) is 0. The second-order valence-electron chi connectivity index (χ2n) is 3.57. The molecular formula is C13H13BrN2. The predicted octanol–water partition coefficient (Wildman–Crippen LogP) is 3.80. The SMILES string of the molecule is CN(c1ccccc1N)c1ccccc1Br. The van der Waals surface area contributed by atoms with Gasteiger partial charge in [-0.15, -0.1) is 0 Å². The quantitative estimate of drug-likeness (QED) is 0.846. The zero-order valence-corrected chi connectivity index (χ0v) is 10.6. The maximum Gasteiger partial charge on any atom is 0.0642 e. The van der Waals surface area contributed by atoms with Crippen molar-refractivity contribution in [3.63, 3.8) is 0 Å². The molecule has 0 atom stereocenters. The van der Waals surface area contributed by atoms with Crippen molar-refractivity contribution in [3.05, 3.63) is 53.0 Å². The molecule has 0 heterocycles. The smallest absolute Gasteiger partial charge is 0.0642 e. The van der Waals surface area contributed by atoms with E-state index in [9.17, 15) is 0 Å². The number of benzene rings is 2. The van der Waals surface area contributed by atoms with Crippen LogP contribution in [-0.2, 0) is 0 Å². The Morgan fingerprint density at radius 1 is 0.938 bits per heavy atom. The highest BCUT2D eigenvalue weighted by Gasteiger charge is 2.08. The molecule has 0 spiro atoms. The number of rotatable bonds is 2. The molecular weight excluding hydrogens is 264 g/mol. The van der Waals surface area contributed by atoms with E-state index >= 15 is 0 Å². The molecule has 2 aromatic carbocycles. The lowest BCUT2D eigenvalue weighted by molar-refractivity contribution is 1.20. The van der Waals surface area contributed by atoms with E-state index in [1.807, 2.05) is 49.5 Å². The number of nitrogens with two attached hydrogens (primary N) is 1. The number of nitrogen functional groups attached to an aromatic ring is 1. The fraction of sp³-hybridized carbons (Fsp3) is 0.0769. The Kier molecular flexibility index (Phi) is 3.15. The van der Waals surface area contributed by atoms with Crippen LogP contribution in [0.5, 0.6) is 0 Å². The Morgan fingerprint density at radius 2 is 1.50 bits per heavy atom. The zero-order chi connectivity index (χ0) is 11.5. The summed E-state index contributed by atoms with van der Waals surface area (Å²) in [6.45, 7) is 0. The van der Waals surface area contributed by atoms with Crippen molar-refractivity contribution in [3.8, 4) is 0 Å². The van der Waals surface area contributed by atoms with Crippen LogP contribution in [0, 0.1) is 0 Å². The first kappa shape index (κ1) is 11.0. The van der Waals surface area contributed by atoms with Crippen LogP contribution in [0.1, 0.15) is 0 Å². The summed E-state index contributed by atoms with van der Waals surface area (Å²) in [7, 11) is 2.01. The van der Waals surface area contributed by atoms with Gasteiger partial charge < -0.3 is 10.6 Å². The molecule has 0 bridgehead atoms. The van der Waals surface area contributed by atoms with Gasteiger partial charge >= 0.3 is 0 Å². The van der Waals surface area contributed by atoms with Gasteiger partial charge in [-0.25, -0.2) is 0 Å². The molecule has 0 unspecified atom stereocenters. The molecule has 0 aromatic heterocycles. The number of hydrogen-bond donors (Lipinski definition) is 1. The van der Waals surface area contributed by atoms with Gasteiger partial charge in [0.15, 0.2) is 0 Å². The van der Waals surface area contributed by atoms with Crippen molar-refractivity contribution < 1.29 is 0 Å². The van der Waals surface area contributed by atoms with Crippen LogP contribution in [0.15, 0.2) is 53.0 Å². The monoisotopic (exact) mass is 276 g/mol. The van der Waals surface area contributed by atoms with E-state index in [2.05, 4.69) is 26.9 Å². The number of hydrogen-bond acceptors (Lipinski definition) is 2. The first-order valence-electron chi connectivity index (χ1n) is 5.03. The lowest BCUT2D eigenvalue weighted by atomic mass is 10.2. The molecule has 2 nitrogen and oxygen atoms in total. The molecule has 0 fully saturated rings. The van der Waals surface area contributed by atoms with Crippen molar-refractivity contribution in [2.45, 2.75) is 0 Å². The molecule has 2 rings (SSSR count). The van der Waals surface area contributed by atoms with E-state index in [-0.39, 0.29) is 0 Å². The van der Waals surface area contributed by atoms with Crippen LogP contribution in [0.4, 0.5) is 17.1 Å². The molecule has 0 aliphatic heterocycles. The first-order chi connectivity index (χ1) is 7.70. The van der Waals surface area contributed by atoms with E-state index in [0.29, 0.717) is 0 Å². The van der Waals surface area contributed by atoms with Gasteiger partial charge in [-0.1, -0.05) is 24.3 Å². The first-order valence-corrected chi connectivity index (χ1v) is 5.82. The summed E-state index contributed by atoms with van der Waals surface area (Å²) in [5, 5.41) is 0. The molecule has 16 heavy (non-hydrogen) atoms. The third-order valence-electron chi connectivity index (χ3n) is 2.51. The normalized spacial score (nSPS) is 10.1. The van der Waals surface area contributed by atoms with Crippen LogP contribution < -0.4 is 10.6 Å². The van der Waals surface area contributed by atoms with E-state index < -0.39 is 0 Å². The third-order valence-corrected chi connectivity index (χ3v) is 3.18. The van der Waals surface area contributed by atoms with Gasteiger partial charge in [0.1, 0.15) is 0 Å². The standard InChI is InChI=1S/C13H13BrN2/c1-16(12-8-4-2-6-10(12)14)13-9-5-3-7-11(13)15/h2-9H,15H2,1H3. The summed E-state index contributed by atoms with van der Waals surface area (Å²) in [4.78, 5) is 2.07. The highest BCUT2D eigenvalue weighted by Crippen LogP contribution is 2.33. The molecule has 3 heteroatoms. The van der Waals surface area contributed by atoms with Crippen LogP contribution in [0.3, 0.4) is 0 Å². The average Bonchev–Trinajstić information content (AvgIpc) is 2.29. The fourth-order valence-electron chi connectivity index (χ4n) is 1.65. The molecule has 0 aliphatic carbocycles. The lowest BCUT2D eigenvalue weighted by Crippen LogP contribution is -2.11. The minimum atomic E-state index is 0.778. The molecule has 0 saturated carbocycles. The maximum atomic E-state index is 5.95. The van der Waals surface area contributed by atoms with Crippen LogP contribution in [0.2, 0.25) is 0 Å². The third kappa shape index (κ3) is 2.04. The Labute approximate surface area is 104 Å². The minimum Gasteiger partial charge on any atom is -0.397 e. The topological polar surface area (TPSA) is 29.3 Å². The second-order valence-corrected chi connectivity index (χ2v) is 4.42. The molecule has 0 amide bonds. The van der Waals surface area contributed by atoms with Crippen molar-refractivity contribution >= 4 is 33.0 Å². The molecule has 2 N–H and O–H groups in total. The van der Waals surface area contributed by atoms with Gasteiger partial charge in [0.2, 0.25) is 0 Å². The van der Waals surface area contributed by atoms with Crippen molar-refractivity contribution in [1.82, 2.24) is 0 Å². The second kappa shape index (κ2) is 4.58. The highest BCUT2D eigenvalue weighted by atomic mass is 79.9. The fourth-order valence-corrected chi connectivity index (χ4v) is 2.20. The van der Waals surface area contributed by atoms with Gasteiger partial charge in [-0.3, -0.25) is 0 Å². The average molecular weight is 277 g/mol. The Bertz CT molecular complexity index is 451. The number of anilines is 3. The van der Waals surface area contributed by atoms with Gasteiger partial charge in [-0.2, -0.15) is 0 Å². The lowest BCUT2D eigenvalue weighted by Gasteiger charge is -2.22. The summed E-state index contributed by atoms with van der Waals surface area (Å²) in [6.07, 6.45) is 0. The van der Waals surface area contributed by atoms with Gasteiger partial charge in [0.05, 0.1) is 17.1 Å². The largest absolute Gasteiger partial charge is 0.397 e. The molecule has 0 radical (unpaired) electrons. The van der Waals surface area contributed by atoms with Crippen LogP contribution in [0.25, 0.3) is 0 Å². The van der Waals surface area contributed by atoms with Gasteiger partial charge in [0.25, 0.3) is 0 Å². The minimum absolute atomic E-state index is 0.778. The summed E-state index contributed by atoms with van der Waals surface area (Å²) >= 11 is 3.54. The predicted molar refractivity (Wildman–Crippen MR) is 73.1 cm³/mol. The Balaban J connectivity index is 2.44.